The summed E-state index contributed by atoms with van der Waals surface area (Å²) in [4.78, 5) is 64.9. The summed E-state index contributed by atoms with van der Waals surface area (Å²) in [6, 6.07) is 9.81. The molecule has 1 fully saturated rings. The maximum Gasteiger partial charge on any atom is 0.409 e. The highest BCUT2D eigenvalue weighted by Gasteiger charge is 2.37. The Balaban J connectivity index is 1.57. The summed E-state index contributed by atoms with van der Waals surface area (Å²) >= 11 is 13.6. The monoisotopic (exact) mass is 791 g/mol. The lowest BCUT2D eigenvalue weighted by molar-refractivity contribution is -0.115. The van der Waals surface area contributed by atoms with Crippen LogP contribution in [0.3, 0.4) is 0 Å². The fraction of sp³-hybridized carbons (Fsp3) is 0.333. The zero-order valence-corrected chi connectivity index (χ0v) is 32.7. The van der Waals surface area contributed by atoms with Crippen molar-refractivity contribution in [2.24, 2.45) is 5.92 Å². The van der Waals surface area contributed by atoms with Crippen LogP contribution in [0.15, 0.2) is 72.2 Å². The number of nitrogens with one attached hydrogen (secondary N) is 2. The number of allylic oxidation sites excluding steroid dienone is 1. The molecule has 0 saturated carbocycles. The Labute approximate surface area is 328 Å². The van der Waals surface area contributed by atoms with Gasteiger partial charge < -0.3 is 34.6 Å². The van der Waals surface area contributed by atoms with E-state index in [0.29, 0.717) is 17.6 Å². The zero-order chi connectivity index (χ0) is 39.8. The molecule has 2 amide bonds. The van der Waals surface area contributed by atoms with Crippen LogP contribution in [-0.2, 0) is 20.9 Å². The Morgan fingerprint density at radius 2 is 1.75 bits per heavy atom. The molecule has 0 radical (unpaired) electrons. The summed E-state index contributed by atoms with van der Waals surface area (Å²) in [5.74, 6) is -0.0272. The molecule has 290 valence electrons. The number of likely N-dealkylation sites (N-methyl/N-ethyl adjacent to an activating group) is 1. The predicted molar refractivity (Wildman–Crippen MR) is 214 cm³/mol. The van der Waals surface area contributed by atoms with Crippen LogP contribution in [0.2, 0.25) is 10.0 Å². The summed E-state index contributed by atoms with van der Waals surface area (Å²) in [5.41, 5.74) is 1.48. The second-order valence-corrected chi connectivity index (χ2v) is 13.8. The number of carbonyl (C=O) groups excluding carboxylic acids is 3. The Kier molecular flexibility index (Phi) is 13.5. The van der Waals surface area contributed by atoms with Crippen molar-refractivity contribution in [3.8, 4) is 22.6 Å². The Morgan fingerprint density at radius 1 is 1.05 bits per heavy atom. The molecular formula is C39H43Cl2N7O7. The van der Waals surface area contributed by atoms with Crippen molar-refractivity contribution in [2.75, 3.05) is 65.2 Å². The maximum absolute atomic E-state index is 14.6. The summed E-state index contributed by atoms with van der Waals surface area (Å²) in [7, 11) is 6.71. The van der Waals surface area contributed by atoms with Crippen LogP contribution in [-0.4, -0.2) is 103 Å². The third-order valence-corrected chi connectivity index (χ3v) is 9.69. The molecule has 1 aliphatic rings. The summed E-state index contributed by atoms with van der Waals surface area (Å²) in [6.07, 6.45) is 5.72. The number of nitrogens with zero attached hydrogens (tertiary/aromatic N) is 5. The van der Waals surface area contributed by atoms with Crippen molar-refractivity contribution in [2.45, 2.75) is 25.9 Å². The van der Waals surface area contributed by atoms with Gasteiger partial charge in [-0.05, 0) is 50.9 Å². The highest BCUT2D eigenvalue weighted by Crippen LogP contribution is 2.45. The first kappa shape index (κ1) is 40.7. The van der Waals surface area contributed by atoms with Crippen LogP contribution >= 0.6 is 23.2 Å². The quantitative estimate of drug-likeness (QED) is 0.138. The van der Waals surface area contributed by atoms with Crippen molar-refractivity contribution < 1.29 is 28.6 Å². The molecule has 14 nitrogen and oxygen atoms in total. The van der Waals surface area contributed by atoms with Crippen molar-refractivity contribution in [1.82, 2.24) is 24.3 Å². The number of carbonyl (C=O) groups is 3. The van der Waals surface area contributed by atoms with E-state index >= 15 is 0 Å². The molecule has 5 rings (SSSR count). The van der Waals surface area contributed by atoms with Crippen LogP contribution < -0.4 is 25.7 Å². The molecule has 3 heterocycles. The van der Waals surface area contributed by atoms with Crippen LogP contribution in [0.4, 0.5) is 16.4 Å². The van der Waals surface area contributed by atoms with Gasteiger partial charge in [0.05, 0.1) is 49.0 Å². The second-order valence-electron chi connectivity index (χ2n) is 13.0. The smallest absolute Gasteiger partial charge is 0.409 e. The molecule has 0 bridgehead atoms. The molecule has 2 unspecified atom stereocenters. The average Bonchev–Trinajstić information content (AvgIpc) is 3.55. The lowest BCUT2D eigenvalue weighted by Crippen LogP contribution is -2.33. The Morgan fingerprint density at radius 3 is 2.36 bits per heavy atom. The van der Waals surface area contributed by atoms with E-state index in [4.69, 9.17) is 42.4 Å². The minimum absolute atomic E-state index is 0.0590. The van der Waals surface area contributed by atoms with Gasteiger partial charge in [0.1, 0.15) is 17.1 Å². The summed E-state index contributed by atoms with van der Waals surface area (Å²) in [6.45, 7) is 6.73. The number of methoxy groups -OCH3 is 2. The number of ether oxygens (including phenoxy) is 3. The number of likely N-dealkylation sites (tertiary alicyclic amines) is 1. The topological polar surface area (TPSA) is 157 Å². The molecule has 4 aromatic rings. The van der Waals surface area contributed by atoms with E-state index in [1.54, 1.807) is 49.5 Å². The van der Waals surface area contributed by atoms with E-state index in [-0.39, 0.29) is 94.5 Å². The summed E-state index contributed by atoms with van der Waals surface area (Å²) < 4.78 is 17.6. The van der Waals surface area contributed by atoms with Gasteiger partial charge in [0.25, 0.3) is 5.56 Å². The fourth-order valence-corrected chi connectivity index (χ4v) is 6.92. The number of anilines is 2. The molecular weight excluding hydrogens is 749 g/mol. The number of aromatic nitrogens is 3. The van der Waals surface area contributed by atoms with Gasteiger partial charge in [-0.15, -0.1) is 0 Å². The number of hydrogen-bond donors (Lipinski definition) is 2. The van der Waals surface area contributed by atoms with Crippen molar-refractivity contribution >= 4 is 63.7 Å². The number of benzene rings is 2. The van der Waals surface area contributed by atoms with E-state index in [2.05, 4.69) is 22.2 Å². The molecule has 2 atom stereocenters. The molecule has 16 heteroatoms. The molecule has 2 aromatic heterocycles. The number of rotatable bonds is 15. The van der Waals surface area contributed by atoms with Crippen molar-refractivity contribution in [3.63, 3.8) is 0 Å². The highest BCUT2D eigenvalue weighted by atomic mass is 35.5. The minimum Gasteiger partial charge on any atom is -0.495 e. The largest absolute Gasteiger partial charge is 0.495 e. The zero-order valence-electron chi connectivity index (χ0n) is 31.2. The van der Waals surface area contributed by atoms with Crippen LogP contribution in [0.25, 0.3) is 22.2 Å². The molecule has 0 spiro atoms. The van der Waals surface area contributed by atoms with E-state index < -0.39 is 17.7 Å². The van der Waals surface area contributed by atoms with E-state index in [1.165, 1.54) is 41.9 Å². The number of fused-ring (bicyclic) bond motifs is 1. The van der Waals surface area contributed by atoms with Crippen molar-refractivity contribution in [1.29, 1.82) is 0 Å². The number of halogens is 2. The fourth-order valence-electron chi connectivity index (χ4n) is 6.22. The predicted octanol–water partition coefficient (Wildman–Crippen LogP) is 5.90. The number of amides is 2. The standard InChI is InChI=1S/C39H43Cl2N7O7/c1-7-27(49)16-25-21-47(39(52)55-8-2)22-29(25)44-38-42-19-24-17-28(33-34(40)30(53-5)18-31(54-6)35(33)41)37(51)48(36(24)45-38)20-23-11-13-26(14-12-23)43-32(50)10-9-15-46(3)4/h7,9-14,17-19,25,29H,1,8,15-16,20-22H2,2-6H3,(H,43,50)(H,42,44,45)/b10-9+. The van der Waals surface area contributed by atoms with Gasteiger partial charge in [-0.2, -0.15) is 4.98 Å². The third kappa shape index (κ3) is 9.63. The molecule has 1 aliphatic heterocycles. The van der Waals surface area contributed by atoms with E-state index in [9.17, 15) is 19.2 Å². The highest BCUT2D eigenvalue weighted by molar-refractivity contribution is 6.41. The van der Waals surface area contributed by atoms with Gasteiger partial charge in [-0.1, -0.05) is 48.0 Å². The van der Waals surface area contributed by atoms with Crippen LogP contribution in [0, 0.1) is 5.92 Å². The Hall–Kier alpha value is -5.44. The SMILES string of the molecule is C=CC(=O)CC1CN(C(=O)OCC)CC1Nc1ncc2cc(-c3c(Cl)c(OC)cc(OC)c3Cl)c(=O)n(Cc3ccc(NC(=O)/C=C/CN(C)C)cc3)c2n1. The maximum atomic E-state index is 14.6. The van der Waals surface area contributed by atoms with Gasteiger partial charge >= 0.3 is 6.09 Å². The lowest BCUT2D eigenvalue weighted by atomic mass is 9.97. The van der Waals surface area contributed by atoms with Gasteiger partial charge in [0.2, 0.25) is 11.9 Å². The Bertz CT molecular complexity index is 2140. The van der Waals surface area contributed by atoms with Gasteiger partial charge in [-0.3, -0.25) is 19.0 Å². The van der Waals surface area contributed by atoms with Gasteiger partial charge in [-0.25, -0.2) is 9.78 Å². The van der Waals surface area contributed by atoms with Crippen LogP contribution in [0.1, 0.15) is 18.9 Å². The minimum atomic E-state index is -0.485. The van der Waals surface area contributed by atoms with Gasteiger partial charge in [0.15, 0.2) is 5.78 Å². The summed E-state index contributed by atoms with van der Waals surface area (Å²) in [5, 5.41) is 6.84. The van der Waals surface area contributed by atoms with E-state index in [0.717, 1.165) is 5.56 Å². The second kappa shape index (κ2) is 18.3. The first-order valence-corrected chi connectivity index (χ1v) is 18.2. The average molecular weight is 793 g/mol. The van der Waals surface area contributed by atoms with Crippen molar-refractivity contribution in [3.05, 3.63) is 93.4 Å². The number of hydrogen-bond acceptors (Lipinski definition) is 11. The first-order chi connectivity index (χ1) is 26.4. The first-order valence-electron chi connectivity index (χ1n) is 17.4. The molecule has 55 heavy (non-hydrogen) atoms. The molecule has 2 aromatic carbocycles. The molecule has 2 N–H and O–H groups in total. The van der Waals surface area contributed by atoms with E-state index in [1.807, 2.05) is 19.0 Å². The van der Waals surface area contributed by atoms with Crippen LogP contribution in [0.5, 0.6) is 11.5 Å². The number of pyridine rings is 1. The lowest BCUT2D eigenvalue weighted by Gasteiger charge is -2.20. The normalized spacial score (nSPS) is 15.4. The molecule has 0 aliphatic carbocycles. The van der Waals surface area contributed by atoms with Gasteiger partial charge in [0, 0.05) is 66.9 Å². The number of ketones is 1. The molecule has 1 saturated heterocycles. The third-order valence-electron chi connectivity index (χ3n) is 8.94.